The van der Waals surface area contributed by atoms with Crippen molar-refractivity contribution >= 4 is 23.4 Å². The predicted molar refractivity (Wildman–Crippen MR) is 104 cm³/mol. The molecule has 160 valence electrons. The van der Waals surface area contributed by atoms with Crippen LogP contribution >= 0.6 is 0 Å². The number of urea groups is 1. The van der Waals surface area contributed by atoms with Gasteiger partial charge in [0, 0.05) is 39.3 Å². The highest BCUT2D eigenvalue weighted by Crippen LogP contribution is 2.21. The van der Waals surface area contributed by atoms with Gasteiger partial charge in [-0.15, -0.1) is 10.2 Å². The summed E-state index contributed by atoms with van der Waals surface area (Å²) in [6.07, 6.45) is 0. The highest BCUT2D eigenvalue weighted by molar-refractivity contribution is 5.89. The Morgan fingerprint density at radius 3 is 2.03 bits per heavy atom. The molecular weight excluding hydrogens is 401 g/mol. The van der Waals surface area contributed by atoms with Gasteiger partial charge in [-0.2, -0.15) is 0 Å². The summed E-state index contributed by atoms with van der Waals surface area (Å²) >= 11 is 0. The van der Waals surface area contributed by atoms with Gasteiger partial charge in [-0.3, -0.25) is 0 Å². The second kappa shape index (κ2) is 8.74. The average Bonchev–Trinajstić information content (AvgIpc) is 2.80. The van der Waals surface area contributed by atoms with Gasteiger partial charge in [0.05, 0.1) is 18.9 Å². The topological polar surface area (TPSA) is 73.8 Å². The van der Waals surface area contributed by atoms with Crippen LogP contribution in [0.4, 0.5) is 35.3 Å². The second-order valence-corrected chi connectivity index (χ2v) is 6.98. The van der Waals surface area contributed by atoms with Crippen LogP contribution < -0.4 is 15.1 Å². The van der Waals surface area contributed by atoms with E-state index in [-0.39, 0.29) is 0 Å². The molecule has 2 aliphatic rings. The van der Waals surface area contributed by atoms with Crippen LogP contribution in [0.15, 0.2) is 24.3 Å². The SMILES string of the molecule is O=C(Nc1ccc(F)c(F)c1F)N1CCN(c2ccc(N3CCOCC3)nn2)CC1. The lowest BCUT2D eigenvalue weighted by molar-refractivity contribution is 0.122. The van der Waals surface area contributed by atoms with Gasteiger partial charge in [0.15, 0.2) is 29.1 Å². The summed E-state index contributed by atoms with van der Waals surface area (Å²) in [5.41, 5.74) is -0.397. The lowest BCUT2D eigenvalue weighted by Gasteiger charge is -2.35. The number of amides is 2. The Balaban J connectivity index is 1.32. The molecule has 8 nitrogen and oxygen atoms in total. The normalized spacial score (nSPS) is 17.2. The Bertz CT molecular complexity index is 900. The van der Waals surface area contributed by atoms with E-state index >= 15 is 0 Å². The molecule has 2 aliphatic heterocycles. The molecular formula is C19H21F3N6O2. The van der Waals surface area contributed by atoms with Gasteiger partial charge in [0.2, 0.25) is 0 Å². The van der Waals surface area contributed by atoms with Gasteiger partial charge in [-0.1, -0.05) is 0 Å². The summed E-state index contributed by atoms with van der Waals surface area (Å²) in [6, 6.07) is 5.00. The van der Waals surface area contributed by atoms with Gasteiger partial charge in [-0.05, 0) is 24.3 Å². The van der Waals surface area contributed by atoms with Crippen LogP contribution in [-0.4, -0.2) is 73.6 Å². The number of aromatic nitrogens is 2. The molecule has 4 rings (SSSR count). The number of hydrogen-bond acceptors (Lipinski definition) is 6. The van der Waals surface area contributed by atoms with E-state index in [0.717, 1.165) is 31.0 Å². The van der Waals surface area contributed by atoms with Crippen molar-refractivity contribution in [2.45, 2.75) is 0 Å². The molecule has 0 saturated carbocycles. The largest absolute Gasteiger partial charge is 0.378 e. The summed E-state index contributed by atoms with van der Waals surface area (Å²) < 4.78 is 45.4. The molecule has 2 saturated heterocycles. The van der Waals surface area contributed by atoms with E-state index in [2.05, 4.69) is 20.4 Å². The minimum atomic E-state index is -1.61. The van der Waals surface area contributed by atoms with Crippen LogP contribution in [0.2, 0.25) is 0 Å². The molecule has 0 atom stereocenters. The molecule has 2 fully saturated rings. The molecule has 2 amide bonds. The Morgan fingerprint density at radius 1 is 0.833 bits per heavy atom. The zero-order valence-electron chi connectivity index (χ0n) is 16.2. The van der Waals surface area contributed by atoms with Crippen molar-refractivity contribution in [3.63, 3.8) is 0 Å². The third-order valence-corrected chi connectivity index (χ3v) is 5.14. The molecule has 1 N–H and O–H groups in total. The molecule has 0 bridgehead atoms. The molecule has 0 radical (unpaired) electrons. The van der Waals surface area contributed by atoms with Crippen molar-refractivity contribution in [1.29, 1.82) is 0 Å². The van der Waals surface area contributed by atoms with E-state index in [1.807, 2.05) is 17.0 Å². The lowest BCUT2D eigenvalue weighted by atomic mass is 10.2. The Morgan fingerprint density at radius 2 is 1.43 bits per heavy atom. The number of rotatable bonds is 3. The average molecular weight is 422 g/mol. The molecule has 0 unspecified atom stereocenters. The number of morpholine rings is 1. The number of carbonyl (C=O) groups excluding carboxylic acids is 1. The van der Waals surface area contributed by atoms with Gasteiger partial charge < -0.3 is 24.8 Å². The summed E-state index contributed by atoms with van der Waals surface area (Å²) in [5.74, 6) is -2.83. The minimum Gasteiger partial charge on any atom is -0.378 e. The number of ether oxygens (including phenoxy) is 1. The van der Waals surface area contributed by atoms with Crippen LogP contribution in [0.25, 0.3) is 0 Å². The zero-order valence-corrected chi connectivity index (χ0v) is 16.2. The minimum absolute atomic E-state index is 0.365. The number of nitrogens with zero attached hydrogens (tertiary/aromatic N) is 5. The molecule has 3 heterocycles. The van der Waals surface area contributed by atoms with Crippen molar-refractivity contribution in [2.75, 3.05) is 67.6 Å². The summed E-state index contributed by atoms with van der Waals surface area (Å²) in [6.45, 7) is 4.65. The lowest BCUT2D eigenvalue weighted by Crippen LogP contribution is -2.50. The number of benzene rings is 1. The third-order valence-electron chi connectivity index (χ3n) is 5.14. The Labute approximate surface area is 171 Å². The fourth-order valence-electron chi connectivity index (χ4n) is 3.40. The summed E-state index contributed by atoms with van der Waals surface area (Å²) in [5, 5.41) is 10.9. The van der Waals surface area contributed by atoms with E-state index in [1.165, 1.54) is 4.90 Å². The zero-order chi connectivity index (χ0) is 21.1. The van der Waals surface area contributed by atoms with Crippen LogP contribution in [0, 0.1) is 17.5 Å². The van der Waals surface area contributed by atoms with E-state index in [9.17, 15) is 18.0 Å². The smallest absolute Gasteiger partial charge is 0.322 e. The monoisotopic (exact) mass is 422 g/mol. The molecule has 1 aromatic carbocycles. The number of anilines is 3. The van der Waals surface area contributed by atoms with Gasteiger partial charge >= 0.3 is 6.03 Å². The van der Waals surface area contributed by atoms with Gasteiger partial charge in [-0.25, -0.2) is 18.0 Å². The first-order chi connectivity index (χ1) is 14.5. The molecule has 1 aromatic heterocycles. The number of nitrogens with one attached hydrogen (secondary N) is 1. The van der Waals surface area contributed by atoms with Crippen LogP contribution in [-0.2, 0) is 4.74 Å². The molecule has 30 heavy (non-hydrogen) atoms. The number of carbonyl (C=O) groups is 1. The van der Waals surface area contributed by atoms with Crippen LogP contribution in [0.5, 0.6) is 0 Å². The fraction of sp³-hybridized carbons (Fsp3) is 0.421. The first kappa shape index (κ1) is 20.2. The standard InChI is InChI=1S/C19H21F3N6O2/c20-13-1-2-14(18(22)17(13)21)23-19(29)28-7-5-26(6-8-28)15-3-4-16(25-24-15)27-9-11-30-12-10-27/h1-4H,5-12H2,(H,23,29). The fourth-order valence-corrected chi connectivity index (χ4v) is 3.40. The van der Waals surface area contributed by atoms with Gasteiger partial charge in [0.25, 0.3) is 0 Å². The van der Waals surface area contributed by atoms with E-state index in [4.69, 9.17) is 4.74 Å². The first-order valence-corrected chi connectivity index (χ1v) is 9.64. The Hall–Kier alpha value is -3.08. The third kappa shape index (κ3) is 4.25. The molecule has 11 heteroatoms. The molecule has 0 aliphatic carbocycles. The quantitative estimate of drug-likeness (QED) is 0.764. The highest BCUT2D eigenvalue weighted by Gasteiger charge is 2.24. The number of hydrogen-bond donors (Lipinski definition) is 1. The maximum Gasteiger partial charge on any atom is 0.322 e. The van der Waals surface area contributed by atoms with Crippen LogP contribution in [0.3, 0.4) is 0 Å². The Kier molecular flexibility index (Phi) is 5.88. The first-order valence-electron chi connectivity index (χ1n) is 9.64. The second-order valence-electron chi connectivity index (χ2n) is 6.98. The van der Waals surface area contributed by atoms with Gasteiger partial charge in [0.1, 0.15) is 0 Å². The van der Waals surface area contributed by atoms with E-state index in [0.29, 0.717) is 45.2 Å². The van der Waals surface area contributed by atoms with Crippen molar-refractivity contribution in [1.82, 2.24) is 15.1 Å². The molecule has 2 aromatic rings. The van der Waals surface area contributed by atoms with Crippen molar-refractivity contribution in [3.8, 4) is 0 Å². The molecule has 0 spiro atoms. The summed E-state index contributed by atoms with van der Waals surface area (Å²) in [4.78, 5) is 17.9. The predicted octanol–water partition coefficient (Wildman–Crippen LogP) is 2.08. The number of halogens is 3. The number of piperazine rings is 1. The van der Waals surface area contributed by atoms with E-state index < -0.39 is 29.2 Å². The van der Waals surface area contributed by atoms with Crippen molar-refractivity contribution < 1.29 is 22.7 Å². The highest BCUT2D eigenvalue weighted by atomic mass is 19.2. The van der Waals surface area contributed by atoms with Crippen molar-refractivity contribution in [3.05, 3.63) is 41.7 Å². The maximum atomic E-state index is 13.8. The van der Waals surface area contributed by atoms with Crippen LogP contribution in [0.1, 0.15) is 0 Å². The van der Waals surface area contributed by atoms with Crippen molar-refractivity contribution in [2.24, 2.45) is 0 Å². The summed E-state index contributed by atoms with van der Waals surface area (Å²) in [7, 11) is 0. The van der Waals surface area contributed by atoms with E-state index in [1.54, 1.807) is 0 Å². The maximum absolute atomic E-state index is 13.8.